The highest BCUT2D eigenvalue weighted by atomic mass is 16.5. The molecule has 1 aromatic carbocycles. The molecule has 18 heavy (non-hydrogen) atoms. The molecule has 0 radical (unpaired) electrons. The Morgan fingerprint density at radius 2 is 2.22 bits per heavy atom. The van der Waals surface area contributed by atoms with E-state index >= 15 is 0 Å². The summed E-state index contributed by atoms with van der Waals surface area (Å²) >= 11 is 0. The van der Waals surface area contributed by atoms with Crippen molar-refractivity contribution in [1.82, 2.24) is 4.98 Å². The topological polar surface area (TPSA) is 65.2 Å². The number of hydrogen-bond donors (Lipinski definition) is 1. The molecule has 94 valence electrons. The third-order valence-corrected chi connectivity index (χ3v) is 2.75. The number of nitrogens with zero attached hydrogens (tertiary/aromatic N) is 1. The van der Waals surface area contributed by atoms with Gasteiger partial charge in [-0.05, 0) is 24.6 Å². The number of aromatic nitrogens is 1. The van der Waals surface area contributed by atoms with E-state index in [2.05, 4.69) is 11.9 Å². The van der Waals surface area contributed by atoms with Crippen LogP contribution in [-0.4, -0.2) is 17.5 Å². The summed E-state index contributed by atoms with van der Waals surface area (Å²) in [7, 11) is 0. The average molecular weight is 244 g/mol. The molecule has 0 fully saturated rings. The average Bonchev–Trinajstić information content (AvgIpc) is 2.38. The summed E-state index contributed by atoms with van der Waals surface area (Å²) < 4.78 is 5.68. The number of hydrogen-bond acceptors (Lipinski definition) is 3. The van der Waals surface area contributed by atoms with Gasteiger partial charge in [-0.1, -0.05) is 19.4 Å². The Kier molecular flexibility index (Phi) is 3.77. The maximum atomic E-state index is 11.3. The van der Waals surface area contributed by atoms with Crippen LogP contribution in [0.1, 0.15) is 30.1 Å². The first kappa shape index (κ1) is 12.4. The highest BCUT2D eigenvalue weighted by molar-refractivity contribution is 6.06. The molecule has 1 heterocycles. The monoisotopic (exact) mass is 244 g/mol. The van der Waals surface area contributed by atoms with E-state index in [1.165, 1.54) is 0 Å². The van der Waals surface area contributed by atoms with Gasteiger partial charge in [0.25, 0.3) is 0 Å². The molecule has 0 aliphatic heterocycles. The number of benzene rings is 1. The summed E-state index contributed by atoms with van der Waals surface area (Å²) in [6.07, 6.45) is 3.75. The normalized spacial score (nSPS) is 10.5. The van der Waals surface area contributed by atoms with Crippen LogP contribution in [0.25, 0.3) is 10.9 Å². The second-order valence-electron chi connectivity index (χ2n) is 4.08. The Bertz CT molecular complexity index is 567. The van der Waals surface area contributed by atoms with E-state index in [1.807, 2.05) is 6.07 Å². The molecule has 1 amide bonds. The predicted octanol–water partition coefficient (Wildman–Crippen LogP) is 2.51. The van der Waals surface area contributed by atoms with Crippen molar-refractivity contribution >= 4 is 16.8 Å². The summed E-state index contributed by atoms with van der Waals surface area (Å²) in [6.45, 7) is 2.76. The van der Waals surface area contributed by atoms with Crippen LogP contribution in [0.4, 0.5) is 0 Å². The molecule has 0 saturated heterocycles. The number of unbranched alkanes of at least 4 members (excludes halogenated alkanes) is 1. The van der Waals surface area contributed by atoms with E-state index in [0.717, 1.165) is 18.2 Å². The van der Waals surface area contributed by atoms with Crippen LogP contribution in [-0.2, 0) is 0 Å². The molecule has 0 bridgehead atoms. The van der Waals surface area contributed by atoms with Crippen LogP contribution in [0, 0.1) is 0 Å². The summed E-state index contributed by atoms with van der Waals surface area (Å²) in [5.74, 6) is 0.247. The second kappa shape index (κ2) is 5.49. The molecule has 0 aliphatic rings. The van der Waals surface area contributed by atoms with Crippen molar-refractivity contribution in [2.45, 2.75) is 19.8 Å². The van der Waals surface area contributed by atoms with Crippen LogP contribution in [0.5, 0.6) is 5.75 Å². The fraction of sp³-hybridized carbons (Fsp3) is 0.286. The van der Waals surface area contributed by atoms with Crippen molar-refractivity contribution in [3.63, 3.8) is 0 Å². The molecule has 0 atom stereocenters. The van der Waals surface area contributed by atoms with Gasteiger partial charge in [0.1, 0.15) is 11.3 Å². The lowest BCUT2D eigenvalue weighted by molar-refractivity contribution is 0.100. The van der Waals surface area contributed by atoms with Crippen molar-refractivity contribution in [3.8, 4) is 5.75 Å². The quantitative estimate of drug-likeness (QED) is 0.822. The molecular weight excluding hydrogens is 228 g/mol. The van der Waals surface area contributed by atoms with Gasteiger partial charge in [0.2, 0.25) is 5.91 Å². The maximum Gasteiger partial charge on any atom is 0.249 e. The third-order valence-electron chi connectivity index (χ3n) is 2.75. The first-order valence-electron chi connectivity index (χ1n) is 6.04. The molecule has 2 aromatic rings. The van der Waals surface area contributed by atoms with E-state index in [0.29, 0.717) is 23.4 Å². The van der Waals surface area contributed by atoms with Crippen molar-refractivity contribution in [3.05, 3.63) is 36.0 Å². The van der Waals surface area contributed by atoms with Gasteiger partial charge >= 0.3 is 0 Å². The molecule has 4 heteroatoms. The predicted molar refractivity (Wildman–Crippen MR) is 70.7 cm³/mol. The summed E-state index contributed by atoms with van der Waals surface area (Å²) in [4.78, 5) is 15.6. The van der Waals surface area contributed by atoms with E-state index in [9.17, 15) is 4.79 Å². The first-order chi connectivity index (χ1) is 8.74. The fourth-order valence-electron chi connectivity index (χ4n) is 1.80. The molecule has 0 spiro atoms. The molecule has 4 nitrogen and oxygen atoms in total. The zero-order valence-electron chi connectivity index (χ0n) is 10.3. The molecule has 0 saturated carbocycles. The number of rotatable bonds is 5. The number of carbonyl (C=O) groups is 1. The van der Waals surface area contributed by atoms with Gasteiger partial charge < -0.3 is 10.5 Å². The Morgan fingerprint density at radius 1 is 1.39 bits per heavy atom. The lowest BCUT2D eigenvalue weighted by Crippen LogP contribution is -2.12. The van der Waals surface area contributed by atoms with Crippen LogP contribution in [0.2, 0.25) is 0 Å². The van der Waals surface area contributed by atoms with Crippen LogP contribution in [0.3, 0.4) is 0 Å². The molecule has 2 rings (SSSR count). The Balaban J connectivity index is 2.44. The van der Waals surface area contributed by atoms with E-state index in [-0.39, 0.29) is 0 Å². The lowest BCUT2D eigenvalue weighted by Gasteiger charge is -2.09. The Morgan fingerprint density at radius 3 is 2.94 bits per heavy atom. The van der Waals surface area contributed by atoms with Crippen molar-refractivity contribution in [2.24, 2.45) is 5.73 Å². The number of primary amides is 1. The van der Waals surface area contributed by atoms with Gasteiger partial charge in [-0.3, -0.25) is 9.78 Å². The minimum atomic E-state index is -0.451. The highest BCUT2D eigenvalue weighted by Gasteiger charge is 2.11. The third kappa shape index (κ3) is 2.42. The van der Waals surface area contributed by atoms with Gasteiger partial charge in [0, 0.05) is 17.1 Å². The molecular formula is C14H16N2O2. The van der Waals surface area contributed by atoms with Crippen LogP contribution in [0.15, 0.2) is 30.5 Å². The minimum absolute atomic E-state index is 0.451. The zero-order valence-corrected chi connectivity index (χ0v) is 10.3. The summed E-state index contributed by atoms with van der Waals surface area (Å²) in [5, 5.41) is 0.735. The number of amides is 1. The van der Waals surface area contributed by atoms with Crippen LogP contribution >= 0.6 is 0 Å². The Hall–Kier alpha value is -2.10. The smallest absolute Gasteiger partial charge is 0.249 e. The second-order valence-corrected chi connectivity index (χ2v) is 4.08. The van der Waals surface area contributed by atoms with E-state index in [4.69, 9.17) is 10.5 Å². The SMILES string of the molecule is CCCCOc1ccc(C(N)=O)c2cccnc12. The Labute approximate surface area is 106 Å². The van der Waals surface area contributed by atoms with Crippen molar-refractivity contribution < 1.29 is 9.53 Å². The molecule has 0 aliphatic carbocycles. The minimum Gasteiger partial charge on any atom is -0.491 e. The van der Waals surface area contributed by atoms with Gasteiger partial charge in [0.15, 0.2) is 0 Å². The van der Waals surface area contributed by atoms with Gasteiger partial charge in [-0.2, -0.15) is 0 Å². The zero-order chi connectivity index (χ0) is 13.0. The van der Waals surface area contributed by atoms with Crippen LogP contribution < -0.4 is 10.5 Å². The standard InChI is InChI=1S/C14H16N2O2/c1-2-3-9-18-12-7-6-11(14(15)17)10-5-4-8-16-13(10)12/h4-8H,2-3,9H2,1H3,(H2,15,17). The fourth-order valence-corrected chi connectivity index (χ4v) is 1.80. The number of nitrogens with two attached hydrogens (primary N) is 1. The first-order valence-corrected chi connectivity index (χ1v) is 6.04. The van der Waals surface area contributed by atoms with E-state index < -0.39 is 5.91 Å². The molecule has 1 aromatic heterocycles. The molecule has 0 unspecified atom stereocenters. The summed E-state index contributed by atoms with van der Waals surface area (Å²) in [5.41, 5.74) is 6.50. The number of pyridine rings is 1. The number of ether oxygens (including phenoxy) is 1. The largest absolute Gasteiger partial charge is 0.491 e. The van der Waals surface area contributed by atoms with Gasteiger partial charge in [-0.25, -0.2) is 0 Å². The summed E-state index contributed by atoms with van der Waals surface area (Å²) in [6, 6.07) is 7.05. The number of fused-ring (bicyclic) bond motifs is 1. The number of carbonyl (C=O) groups excluding carboxylic acids is 1. The lowest BCUT2D eigenvalue weighted by atomic mass is 10.1. The molecule has 2 N–H and O–H groups in total. The highest BCUT2D eigenvalue weighted by Crippen LogP contribution is 2.26. The van der Waals surface area contributed by atoms with Crippen molar-refractivity contribution in [2.75, 3.05) is 6.61 Å². The van der Waals surface area contributed by atoms with Crippen molar-refractivity contribution in [1.29, 1.82) is 0 Å². The van der Waals surface area contributed by atoms with Gasteiger partial charge in [0.05, 0.1) is 6.61 Å². The van der Waals surface area contributed by atoms with Gasteiger partial charge in [-0.15, -0.1) is 0 Å². The maximum absolute atomic E-state index is 11.3. The van der Waals surface area contributed by atoms with E-state index in [1.54, 1.807) is 24.4 Å².